The summed E-state index contributed by atoms with van der Waals surface area (Å²) in [5, 5.41) is 4.03. The van der Waals surface area contributed by atoms with E-state index < -0.39 is 0 Å². The Hall–Kier alpha value is -3.90. The number of imidazole rings is 1. The molecule has 2 aromatic heterocycles. The van der Waals surface area contributed by atoms with Crippen LogP contribution >= 0.6 is 11.8 Å². The van der Waals surface area contributed by atoms with Gasteiger partial charge in [-0.05, 0) is 48.7 Å². The van der Waals surface area contributed by atoms with Crippen LogP contribution in [-0.2, 0) is 12.3 Å². The first-order valence-corrected chi connectivity index (χ1v) is 13.0. The summed E-state index contributed by atoms with van der Waals surface area (Å²) in [5.41, 5.74) is 7.33. The molecule has 2 heterocycles. The number of amides is 1. The molecule has 0 bridgehead atoms. The van der Waals surface area contributed by atoms with Crippen molar-refractivity contribution < 1.29 is 4.79 Å². The smallest absolute Gasteiger partial charge is 0.251 e. The number of carbonyl (C=O) groups is 1. The number of pyridine rings is 1. The van der Waals surface area contributed by atoms with Gasteiger partial charge in [-0.15, -0.1) is 0 Å². The lowest BCUT2D eigenvalue weighted by atomic mass is 10.1. The van der Waals surface area contributed by atoms with Gasteiger partial charge in [-0.2, -0.15) is 0 Å². The summed E-state index contributed by atoms with van der Waals surface area (Å²) < 4.78 is 2.23. The number of aromatic nitrogens is 3. The van der Waals surface area contributed by atoms with Crippen LogP contribution in [0.4, 0.5) is 0 Å². The number of thioether (sulfide) groups is 1. The Kier molecular flexibility index (Phi) is 7.14. The minimum atomic E-state index is -0.0713. The van der Waals surface area contributed by atoms with E-state index in [1.807, 2.05) is 73.8 Å². The van der Waals surface area contributed by atoms with E-state index in [1.54, 1.807) is 18.0 Å². The fourth-order valence-corrected chi connectivity index (χ4v) is 5.18. The molecule has 0 aliphatic carbocycles. The van der Waals surface area contributed by atoms with E-state index in [-0.39, 0.29) is 11.9 Å². The highest BCUT2D eigenvalue weighted by Crippen LogP contribution is 2.28. The fraction of sp³-hybridized carbons (Fsp3) is 0.167. The van der Waals surface area contributed by atoms with Crippen LogP contribution in [0.25, 0.3) is 11.0 Å². The topological polar surface area (TPSA) is 59.8 Å². The Morgan fingerprint density at radius 1 is 0.972 bits per heavy atom. The van der Waals surface area contributed by atoms with Gasteiger partial charge >= 0.3 is 0 Å². The minimum absolute atomic E-state index is 0.0511. The summed E-state index contributed by atoms with van der Waals surface area (Å²) in [6.07, 6.45) is 3.66. The normalized spacial score (nSPS) is 11.9. The fourth-order valence-electron chi connectivity index (χ4n) is 4.21. The van der Waals surface area contributed by atoms with Gasteiger partial charge in [-0.3, -0.25) is 9.78 Å². The summed E-state index contributed by atoms with van der Waals surface area (Å²) in [4.78, 5) is 21.9. The Bertz CT molecular complexity index is 1480. The minimum Gasteiger partial charge on any atom is -0.346 e. The van der Waals surface area contributed by atoms with Gasteiger partial charge in [0.25, 0.3) is 5.91 Å². The molecule has 5 nitrogen and oxygen atoms in total. The molecule has 0 unspecified atom stereocenters. The zero-order chi connectivity index (χ0) is 24.9. The molecule has 180 valence electrons. The van der Waals surface area contributed by atoms with Crippen LogP contribution in [0, 0.1) is 6.92 Å². The van der Waals surface area contributed by atoms with Crippen LogP contribution in [-0.4, -0.2) is 20.4 Å². The molecule has 1 N–H and O–H groups in total. The summed E-state index contributed by atoms with van der Waals surface area (Å²) >= 11 is 1.70. The molecule has 6 heteroatoms. The SMILES string of the molecule is Cc1cccc(Cn2c(SCc3ccc(C(=O)N[C@@H](C)c4ccccc4)cc3)nc3ccncc32)c1. The molecule has 0 saturated carbocycles. The van der Waals surface area contributed by atoms with E-state index in [4.69, 9.17) is 4.98 Å². The van der Waals surface area contributed by atoms with Crippen LogP contribution in [0.1, 0.15) is 45.6 Å². The molecule has 36 heavy (non-hydrogen) atoms. The van der Waals surface area contributed by atoms with Gasteiger partial charge in [-0.25, -0.2) is 4.98 Å². The lowest BCUT2D eigenvalue weighted by Gasteiger charge is -2.14. The maximum atomic E-state index is 12.7. The molecular formula is C30H28N4OS. The summed E-state index contributed by atoms with van der Waals surface area (Å²) in [6.45, 7) is 4.85. The second-order valence-electron chi connectivity index (χ2n) is 8.93. The average molecular weight is 493 g/mol. The van der Waals surface area contributed by atoms with Crippen molar-refractivity contribution in [3.05, 3.63) is 125 Å². The third kappa shape index (κ3) is 5.50. The van der Waals surface area contributed by atoms with Crippen molar-refractivity contribution in [2.24, 2.45) is 0 Å². The van der Waals surface area contributed by atoms with Crippen LogP contribution in [0.3, 0.4) is 0 Å². The first kappa shape index (κ1) is 23.8. The molecule has 0 saturated heterocycles. The van der Waals surface area contributed by atoms with Gasteiger partial charge in [0, 0.05) is 17.5 Å². The number of aryl methyl sites for hydroxylation is 1. The lowest BCUT2D eigenvalue weighted by Crippen LogP contribution is -2.26. The third-order valence-electron chi connectivity index (χ3n) is 6.17. The highest BCUT2D eigenvalue weighted by Gasteiger charge is 2.14. The Morgan fingerprint density at radius 3 is 2.56 bits per heavy atom. The van der Waals surface area contributed by atoms with E-state index >= 15 is 0 Å². The van der Waals surface area contributed by atoms with Gasteiger partial charge in [0.05, 0.1) is 29.8 Å². The Balaban J connectivity index is 1.28. The van der Waals surface area contributed by atoms with E-state index in [2.05, 4.69) is 46.1 Å². The lowest BCUT2D eigenvalue weighted by molar-refractivity contribution is 0.0940. The number of nitrogens with one attached hydrogen (secondary N) is 1. The number of nitrogens with zero attached hydrogens (tertiary/aromatic N) is 3. The molecule has 0 aliphatic rings. The van der Waals surface area contributed by atoms with Crippen LogP contribution < -0.4 is 5.32 Å². The monoisotopic (exact) mass is 492 g/mol. The first-order chi connectivity index (χ1) is 17.6. The number of rotatable bonds is 8. The van der Waals surface area contributed by atoms with Crippen molar-refractivity contribution in [1.29, 1.82) is 0 Å². The molecule has 0 aliphatic heterocycles. The Labute approximate surface area is 215 Å². The zero-order valence-corrected chi connectivity index (χ0v) is 21.2. The number of fused-ring (bicyclic) bond motifs is 1. The van der Waals surface area contributed by atoms with E-state index in [0.29, 0.717) is 5.56 Å². The first-order valence-electron chi connectivity index (χ1n) is 12.0. The number of hydrogen-bond donors (Lipinski definition) is 1. The van der Waals surface area contributed by atoms with Crippen molar-refractivity contribution in [2.45, 2.75) is 37.3 Å². The maximum absolute atomic E-state index is 12.7. The number of hydrogen-bond acceptors (Lipinski definition) is 4. The quantitative estimate of drug-likeness (QED) is 0.249. The van der Waals surface area contributed by atoms with Gasteiger partial charge in [0.15, 0.2) is 5.16 Å². The molecule has 0 radical (unpaired) electrons. The second kappa shape index (κ2) is 10.8. The van der Waals surface area contributed by atoms with Crippen molar-refractivity contribution in [1.82, 2.24) is 19.9 Å². The summed E-state index contributed by atoms with van der Waals surface area (Å²) in [6, 6.07) is 28.3. The van der Waals surface area contributed by atoms with Gasteiger partial charge in [0.1, 0.15) is 0 Å². The summed E-state index contributed by atoms with van der Waals surface area (Å²) in [5.74, 6) is 0.686. The third-order valence-corrected chi connectivity index (χ3v) is 7.22. The predicted octanol–water partition coefficient (Wildman–Crippen LogP) is 6.57. The van der Waals surface area contributed by atoms with E-state index in [1.165, 1.54) is 11.1 Å². The van der Waals surface area contributed by atoms with Crippen molar-refractivity contribution in [2.75, 3.05) is 0 Å². The van der Waals surface area contributed by atoms with Crippen LogP contribution in [0.15, 0.2) is 102 Å². The number of benzene rings is 3. The molecule has 1 atom stereocenters. The molecule has 5 rings (SSSR count). The second-order valence-corrected chi connectivity index (χ2v) is 9.87. The highest BCUT2D eigenvalue weighted by molar-refractivity contribution is 7.98. The van der Waals surface area contributed by atoms with Crippen molar-refractivity contribution >= 4 is 28.7 Å². The van der Waals surface area contributed by atoms with Crippen molar-refractivity contribution in [3.8, 4) is 0 Å². The van der Waals surface area contributed by atoms with Crippen LogP contribution in [0.2, 0.25) is 0 Å². The van der Waals surface area contributed by atoms with Gasteiger partial charge in [-0.1, -0.05) is 84.1 Å². The Morgan fingerprint density at radius 2 is 1.78 bits per heavy atom. The molecule has 0 fully saturated rings. The number of carbonyl (C=O) groups excluding carboxylic acids is 1. The van der Waals surface area contributed by atoms with Gasteiger partial charge < -0.3 is 9.88 Å². The maximum Gasteiger partial charge on any atom is 0.251 e. The predicted molar refractivity (Wildman–Crippen MR) is 146 cm³/mol. The molecular weight excluding hydrogens is 464 g/mol. The molecule has 0 spiro atoms. The molecule has 1 amide bonds. The van der Waals surface area contributed by atoms with Crippen molar-refractivity contribution in [3.63, 3.8) is 0 Å². The standard InChI is InChI=1S/C30H28N4OS/c1-21-7-6-8-24(17-21)19-34-28-18-31-16-15-27(28)33-30(34)36-20-23-11-13-26(14-12-23)29(35)32-22(2)25-9-4-3-5-10-25/h3-18,22H,19-20H2,1-2H3,(H,32,35)/t22-/m0/s1. The zero-order valence-electron chi connectivity index (χ0n) is 20.4. The molecule has 5 aromatic rings. The largest absolute Gasteiger partial charge is 0.346 e. The van der Waals surface area contributed by atoms with E-state index in [9.17, 15) is 4.79 Å². The van der Waals surface area contributed by atoms with Gasteiger partial charge in [0.2, 0.25) is 0 Å². The average Bonchev–Trinajstić information content (AvgIpc) is 3.25. The highest BCUT2D eigenvalue weighted by atomic mass is 32.2. The molecule has 3 aromatic carbocycles. The van der Waals surface area contributed by atoms with Crippen LogP contribution in [0.5, 0.6) is 0 Å². The van der Waals surface area contributed by atoms with E-state index in [0.717, 1.165) is 39.6 Å². The summed E-state index contributed by atoms with van der Waals surface area (Å²) in [7, 11) is 0.